The zero-order valence-electron chi connectivity index (χ0n) is 13.5. The number of aryl methyl sites for hydroxylation is 1. The van der Waals surface area contributed by atoms with E-state index in [9.17, 15) is 4.79 Å². The van der Waals surface area contributed by atoms with Crippen molar-refractivity contribution in [2.45, 2.75) is 13.5 Å². The van der Waals surface area contributed by atoms with Crippen LogP contribution in [-0.4, -0.2) is 15.9 Å². The molecule has 1 aromatic carbocycles. The van der Waals surface area contributed by atoms with Crippen LogP contribution in [0.2, 0.25) is 0 Å². The summed E-state index contributed by atoms with van der Waals surface area (Å²) in [5, 5.41) is 3.88. The molecule has 0 unspecified atom stereocenters. The summed E-state index contributed by atoms with van der Waals surface area (Å²) in [5.41, 5.74) is 2.80. The van der Waals surface area contributed by atoms with Gasteiger partial charge in [-0.05, 0) is 43.3 Å². The fourth-order valence-corrected chi connectivity index (χ4v) is 4.45. The Bertz CT molecular complexity index is 1020. The average Bonchev–Trinajstić information content (AvgIpc) is 3.26. The van der Waals surface area contributed by atoms with Crippen LogP contribution in [0.4, 0.5) is 0 Å². The summed E-state index contributed by atoms with van der Waals surface area (Å²) in [6.45, 7) is 2.36. The fraction of sp³-hybridized carbons (Fsp3) is 0.105. The van der Waals surface area contributed by atoms with Crippen molar-refractivity contribution in [1.82, 2.24) is 15.3 Å². The van der Waals surface area contributed by atoms with Crippen LogP contribution >= 0.6 is 22.7 Å². The Morgan fingerprint density at radius 1 is 1.00 bits per heavy atom. The Morgan fingerprint density at radius 2 is 1.88 bits per heavy atom. The van der Waals surface area contributed by atoms with Gasteiger partial charge in [-0.3, -0.25) is 9.78 Å². The van der Waals surface area contributed by atoms with E-state index in [1.54, 1.807) is 11.3 Å². The van der Waals surface area contributed by atoms with E-state index in [1.165, 1.54) is 11.3 Å². The summed E-state index contributed by atoms with van der Waals surface area (Å²) in [6, 6.07) is 17.7. The Hall–Kier alpha value is -2.57. The van der Waals surface area contributed by atoms with E-state index in [1.807, 2.05) is 55.5 Å². The lowest BCUT2D eigenvalue weighted by molar-refractivity contribution is 0.0954. The smallest absolute Gasteiger partial charge is 0.261 e. The number of aromatic nitrogens is 2. The number of carbonyl (C=O) groups excluding carboxylic acids is 1. The number of rotatable bonds is 4. The van der Waals surface area contributed by atoms with Gasteiger partial charge in [0.15, 0.2) is 0 Å². The molecule has 0 bridgehead atoms. The van der Waals surface area contributed by atoms with E-state index in [0.717, 1.165) is 31.5 Å². The SMILES string of the molecule is Cc1cccc(CNC(=O)c2ccc(-c3nc4ccccc4s3)s2)n1. The molecule has 0 aliphatic rings. The van der Waals surface area contributed by atoms with E-state index < -0.39 is 0 Å². The number of amides is 1. The minimum absolute atomic E-state index is 0.0827. The molecular formula is C19H15N3OS2. The Labute approximate surface area is 153 Å². The second kappa shape index (κ2) is 6.74. The normalized spacial score (nSPS) is 10.9. The number of nitrogens with zero attached hydrogens (tertiary/aromatic N) is 2. The molecule has 3 heterocycles. The summed E-state index contributed by atoms with van der Waals surface area (Å²) in [7, 11) is 0. The van der Waals surface area contributed by atoms with Gasteiger partial charge in [-0.1, -0.05) is 18.2 Å². The minimum atomic E-state index is -0.0827. The van der Waals surface area contributed by atoms with Crippen LogP contribution in [0.25, 0.3) is 20.1 Å². The molecule has 0 spiro atoms. The van der Waals surface area contributed by atoms with E-state index in [-0.39, 0.29) is 5.91 Å². The highest BCUT2D eigenvalue weighted by molar-refractivity contribution is 7.26. The quantitative estimate of drug-likeness (QED) is 0.572. The van der Waals surface area contributed by atoms with Crippen LogP contribution in [0.15, 0.2) is 54.6 Å². The molecule has 4 aromatic rings. The lowest BCUT2D eigenvalue weighted by Crippen LogP contribution is -2.22. The van der Waals surface area contributed by atoms with Crippen molar-refractivity contribution in [3.05, 3.63) is 70.9 Å². The molecule has 3 aromatic heterocycles. The number of fused-ring (bicyclic) bond motifs is 1. The highest BCUT2D eigenvalue weighted by atomic mass is 32.1. The molecule has 1 N–H and O–H groups in total. The van der Waals surface area contributed by atoms with Crippen LogP contribution < -0.4 is 5.32 Å². The molecule has 0 radical (unpaired) electrons. The Kier molecular flexibility index (Phi) is 4.29. The molecule has 25 heavy (non-hydrogen) atoms. The van der Waals surface area contributed by atoms with E-state index >= 15 is 0 Å². The van der Waals surface area contributed by atoms with E-state index in [0.29, 0.717) is 11.4 Å². The number of benzene rings is 1. The number of hydrogen-bond acceptors (Lipinski definition) is 5. The van der Waals surface area contributed by atoms with E-state index in [4.69, 9.17) is 0 Å². The van der Waals surface area contributed by atoms with Crippen molar-refractivity contribution in [3.8, 4) is 9.88 Å². The molecule has 1 amide bonds. The first-order valence-corrected chi connectivity index (χ1v) is 9.49. The first kappa shape index (κ1) is 15.9. The molecule has 0 saturated carbocycles. The molecule has 0 aliphatic carbocycles. The maximum absolute atomic E-state index is 12.4. The van der Waals surface area contributed by atoms with Gasteiger partial charge < -0.3 is 5.32 Å². The second-order valence-electron chi connectivity index (χ2n) is 5.60. The number of hydrogen-bond donors (Lipinski definition) is 1. The van der Waals surface area contributed by atoms with Gasteiger partial charge in [0.05, 0.1) is 32.2 Å². The van der Waals surface area contributed by atoms with Gasteiger partial charge in [0.1, 0.15) is 5.01 Å². The molecule has 0 atom stereocenters. The molecule has 4 nitrogen and oxygen atoms in total. The maximum Gasteiger partial charge on any atom is 0.261 e. The third-order valence-electron chi connectivity index (χ3n) is 3.71. The zero-order valence-corrected chi connectivity index (χ0v) is 15.2. The molecular weight excluding hydrogens is 350 g/mol. The number of para-hydroxylation sites is 1. The number of thiophene rings is 1. The molecule has 6 heteroatoms. The Balaban J connectivity index is 1.49. The fourth-order valence-electron chi connectivity index (χ4n) is 2.51. The summed E-state index contributed by atoms with van der Waals surface area (Å²) in [4.78, 5) is 23.1. The average molecular weight is 365 g/mol. The molecule has 0 aliphatic heterocycles. The summed E-state index contributed by atoms with van der Waals surface area (Å²) in [5.74, 6) is -0.0827. The van der Waals surface area contributed by atoms with Gasteiger partial charge in [0.25, 0.3) is 5.91 Å². The van der Waals surface area contributed by atoms with Crippen molar-refractivity contribution < 1.29 is 4.79 Å². The van der Waals surface area contributed by atoms with Crippen LogP contribution in [0, 0.1) is 6.92 Å². The van der Waals surface area contributed by atoms with E-state index in [2.05, 4.69) is 21.4 Å². The third-order valence-corrected chi connectivity index (χ3v) is 6.00. The third kappa shape index (κ3) is 3.45. The van der Waals surface area contributed by atoms with Gasteiger partial charge in [-0.25, -0.2) is 4.98 Å². The van der Waals surface area contributed by atoms with Gasteiger partial charge >= 0.3 is 0 Å². The van der Waals surface area contributed by atoms with Crippen molar-refractivity contribution in [2.24, 2.45) is 0 Å². The van der Waals surface area contributed by atoms with Gasteiger partial charge in [0, 0.05) is 5.69 Å². The van der Waals surface area contributed by atoms with Crippen molar-refractivity contribution in [3.63, 3.8) is 0 Å². The van der Waals surface area contributed by atoms with Crippen LogP contribution in [0.5, 0.6) is 0 Å². The number of pyridine rings is 1. The van der Waals surface area contributed by atoms with Crippen LogP contribution in [-0.2, 0) is 6.54 Å². The van der Waals surface area contributed by atoms with Crippen molar-refractivity contribution >= 4 is 38.8 Å². The number of nitrogens with one attached hydrogen (secondary N) is 1. The first-order chi connectivity index (χ1) is 12.2. The zero-order chi connectivity index (χ0) is 17.2. The number of thiazole rings is 1. The van der Waals surface area contributed by atoms with Gasteiger partial charge in [-0.15, -0.1) is 22.7 Å². The first-order valence-electron chi connectivity index (χ1n) is 7.85. The topological polar surface area (TPSA) is 54.9 Å². The van der Waals surface area contributed by atoms with Crippen LogP contribution in [0.1, 0.15) is 21.1 Å². The lowest BCUT2D eigenvalue weighted by Gasteiger charge is -2.03. The van der Waals surface area contributed by atoms with Gasteiger partial charge in [0.2, 0.25) is 0 Å². The largest absolute Gasteiger partial charge is 0.346 e. The standard InChI is InChI=1S/C19H15N3OS2/c1-12-5-4-6-13(21-12)11-20-18(23)16-9-10-17(24-16)19-22-14-7-2-3-8-15(14)25-19/h2-10H,11H2,1H3,(H,20,23). The second-order valence-corrected chi connectivity index (χ2v) is 7.72. The highest BCUT2D eigenvalue weighted by Crippen LogP contribution is 2.34. The summed E-state index contributed by atoms with van der Waals surface area (Å²) < 4.78 is 1.16. The Morgan fingerprint density at radius 3 is 2.72 bits per heavy atom. The summed E-state index contributed by atoms with van der Waals surface area (Å²) in [6.07, 6.45) is 0. The predicted octanol–water partition coefficient (Wildman–Crippen LogP) is 4.66. The van der Waals surface area contributed by atoms with Crippen molar-refractivity contribution in [1.29, 1.82) is 0 Å². The number of carbonyl (C=O) groups is 1. The lowest BCUT2D eigenvalue weighted by atomic mass is 10.3. The van der Waals surface area contributed by atoms with Crippen LogP contribution in [0.3, 0.4) is 0 Å². The monoisotopic (exact) mass is 365 g/mol. The molecule has 4 rings (SSSR count). The van der Waals surface area contributed by atoms with Gasteiger partial charge in [-0.2, -0.15) is 0 Å². The predicted molar refractivity (Wildman–Crippen MR) is 103 cm³/mol. The molecule has 0 saturated heterocycles. The summed E-state index contributed by atoms with van der Waals surface area (Å²) >= 11 is 3.11. The molecule has 124 valence electrons. The minimum Gasteiger partial charge on any atom is -0.346 e. The highest BCUT2D eigenvalue weighted by Gasteiger charge is 2.13. The maximum atomic E-state index is 12.4. The van der Waals surface area contributed by atoms with Crippen molar-refractivity contribution in [2.75, 3.05) is 0 Å². The molecule has 0 fully saturated rings.